The minimum absolute atomic E-state index is 0.191. The van der Waals surface area contributed by atoms with E-state index in [0.717, 1.165) is 21.0 Å². The fourth-order valence-electron chi connectivity index (χ4n) is 2.79. The standard InChI is InChI=1S/C23H15BrCl2N2O3/c24-17-4-8-21-16(10-17)11-22(31-21)23(29)28-27-12-14-1-5-18(6-2-14)30-13-15-3-7-19(25)20(26)9-15/h1-12H,13H2,(H,28,29)/b27-12+. The first-order chi connectivity index (χ1) is 15.0. The van der Waals surface area contributed by atoms with Gasteiger partial charge in [-0.3, -0.25) is 4.79 Å². The van der Waals surface area contributed by atoms with Crippen LogP contribution in [0.4, 0.5) is 0 Å². The summed E-state index contributed by atoms with van der Waals surface area (Å²) in [5, 5.41) is 5.82. The van der Waals surface area contributed by atoms with Crippen LogP contribution in [0.5, 0.6) is 5.75 Å². The van der Waals surface area contributed by atoms with Crippen molar-refractivity contribution >= 4 is 62.2 Å². The summed E-state index contributed by atoms with van der Waals surface area (Å²) in [7, 11) is 0. The molecule has 0 bridgehead atoms. The van der Waals surface area contributed by atoms with Crippen LogP contribution < -0.4 is 10.2 Å². The molecule has 0 aliphatic rings. The van der Waals surface area contributed by atoms with Gasteiger partial charge in [0.05, 0.1) is 16.3 Å². The second-order valence-electron chi connectivity index (χ2n) is 6.60. The Morgan fingerprint density at radius 2 is 1.84 bits per heavy atom. The lowest BCUT2D eigenvalue weighted by Crippen LogP contribution is -2.16. The van der Waals surface area contributed by atoms with Crippen LogP contribution in [-0.2, 0) is 6.61 Å². The summed E-state index contributed by atoms with van der Waals surface area (Å²) in [6.45, 7) is 0.369. The number of fused-ring (bicyclic) bond motifs is 1. The number of ether oxygens (including phenoxy) is 1. The van der Waals surface area contributed by atoms with Gasteiger partial charge >= 0.3 is 5.91 Å². The molecule has 0 spiro atoms. The molecule has 0 atom stereocenters. The number of rotatable bonds is 6. The molecule has 0 unspecified atom stereocenters. The van der Waals surface area contributed by atoms with Crippen molar-refractivity contribution in [3.8, 4) is 5.75 Å². The normalized spacial score (nSPS) is 11.2. The minimum atomic E-state index is -0.426. The Morgan fingerprint density at radius 3 is 2.61 bits per heavy atom. The van der Waals surface area contributed by atoms with Gasteiger partial charge in [0.1, 0.15) is 17.9 Å². The summed E-state index contributed by atoms with van der Waals surface area (Å²) in [4.78, 5) is 12.2. The predicted octanol–water partition coefficient (Wildman–Crippen LogP) is 6.85. The molecule has 1 N–H and O–H groups in total. The molecule has 0 saturated carbocycles. The Balaban J connectivity index is 1.32. The number of furan rings is 1. The van der Waals surface area contributed by atoms with Gasteiger partial charge in [0.15, 0.2) is 5.76 Å². The van der Waals surface area contributed by atoms with Crippen molar-refractivity contribution in [3.05, 3.63) is 98.1 Å². The topological polar surface area (TPSA) is 63.8 Å². The number of amides is 1. The van der Waals surface area contributed by atoms with Crippen LogP contribution in [0, 0.1) is 0 Å². The molecule has 1 amide bonds. The number of hydrogen-bond acceptors (Lipinski definition) is 4. The molecular formula is C23H15BrCl2N2O3. The summed E-state index contributed by atoms with van der Waals surface area (Å²) in [5.41, 5.74) is 4.82. The van der Waals surface area contributed by atoms with Gasteiger partial charge in [0.25, 0.3) is 0 Å². The van der Waals surface area contributed by atoms with Gasteiger partial charge in [-0.05, 0) is 71.8 Å². The van der Waals surface area contributed by atoms with Crippen LogP contribution in [0.25, 0.3) is 11.0 Å². The van der Waals surface area contributed by atoms with E-state index in [1.807, 2.05) is 42.5 Å². The van der Waals surface area contributed by atoms with Gasteiger partial charge in [-0.1, -0.05) is 45.2 Å². The van der Waals surface area contributed by atoms with Crippen LogP contribution in [0.1, 0.15) is 21.7 Å². The zero-order chi connectivity index (χ0) is 21.8. The van der Waals surface area contributed by atoms with E-state index in [0.29, 0.717) is 28.0 Å². The molecule has 31 heavy (non-hydrogen) atoms. The van der Waals surface area contributed by atoms with Crippen LogP contribution >= 0.6 is 39.1 Å². The molecule has 0 radical (unpaired) electrons. The molecule has 0 saturated heterocycles. The van der Waals surface area contributed by atoms with Crippen molar-refractivity contribution < 1.29 is 13.9 Å². The number of benzene rings is 3. The smallest absolute Gasteiger partial charge is 0.307 e. The van der Waals surface area contributed by atoms with E-state index in [9.17, 15) is 4.79 Å². The zero-order valence-electron chi connectivity index (χ0n) is 15.9. The highest BCUT2D eigenvalue weighted by atomic mass is 79.9. The van der Waals surface area contributed by atoms with Crippen LogP contribution in [-0.4, -0.2) is 12.1 Å². The van der Waals surface area contributed by atoms with Gasteiger partial charge in [-0.25, -0.2) is 5.43 Å². The number of carbonyl (C=O) groups excluding carboxylic acids is 1. The number of hydrogen-bond donors (Lipinski definition) is 1. The Morgan fingerprint density at radius 1 is 1.03 bits per heavy atom. The quantitative estimate of drug-likeness (QED) is 0.225. The van der Waals surface area contributed by atoms with E-state index in [2.05, 4.69) is 26.5 Å². The Bertz CT molecular complexity index is 1270. The number of carbonyl (C=O) groups is 1. The first kappa shape index (κ1) is 21.4. The lowest BCUT2D eigenvalue weighted by molar-refractivity contribution is 0.0929. The first-order valence-electron chi connectivity index (χ1n) is 9.17. The monoisotopic (exact) mass is 516 g/mol. The second-order valence-corrected chi connectivity index (χ2v) is 8.33. The molecule has 1 aromatic heterocycles. The zero-order valence-corrected chi connectivity index (χ0v) is 19.0. The molecule has 5 nitrogen and oxygen atoms in total. The van der Waals surface area contributed by atoms with E-state index in [-0.39, 0.29) is 5.76 Å². The lowest BCUT2D eigenvalue weighted by Gasteiger charge is -2.07. The van der Waals surface area contributed by atoms with Crippen molar-refractivity contribution in [1.29, 1.82) is 0 Å². The van der Waals surface area contributed by atoms with Gasteiger partial charge in [0, 0.05) is 9.86 Å². The number of nitrogens with zero attached hydrogens (tertiary/aromatic N) is 1. The fraction of sp³-hybridized carbons (Fsp3) is 0.0435. The minimum Gasteiger partial charge on any atom is -0.489 e. The molecular weight excluding hydrogens is 503 g/mol. The molecule has 0 aliphatic carbocycles. The highest BCUT2D eigenvalue weighted by Crippen LogP contribution is 2.24. The van der Waals surface area contributed by atoms with Crippen molar-refractivity contribution in [3.63, 3.8) is 0 Å². The third kappa shape index (κ3) is 5.47. The molecule has 0 aliphatic heterocycles. The maximum Gasteiger partial charge on any atom is 0.307 e. The largest absolute Gasteiger partial charge is 0.489 e. The van der Waals surface area contributed by atoms with Gasteiger partial charge in [-0.15, -0.1) is 0 Å². The summed E-state index contributed by atoms with van der Waals surface area (Å²) in [6, 6.07) is 19.9. The van der Waals surface area contributed by atoms with Crippen LogP contribution in [0.2, 0.25) is 10.0 Å². The lowest BCUT2D eigenvalue weighted by atomic mass is 10.2. The van der Waals surface area contributed by atoms with E-state index in [4.69, 9.17) is 32.4 Å². The maximum absolute atomic E-state index is 12.2. The highest BCUT2D eigenvalue weighted by Gasteiger charge is 2.11. The van der Waals surface area contributed by atoms with Crippen molar-refractivity contribution in [2.24, 2.45) is 5.10 Å². The Labute approximate surface area is 196 Å². The molecule has 8 heteroatoms. The van der Waals surface area contributed by atoms with E-state index in [1.54, 1.807) is 30.5 Å². The van der Waals surface area contributed by atoms with Crippen LogP contribution in [0.3, 0.4) is 0 Å². The molecule has 4 rings (SSSR count). The predicted molar refractivity (Wildman–Crippen MR) is 126 cm³/mol. The SMILES string of the molecule is O=C(N/N=C/c1ccc(OCc2ccc(Cl)c(Cl)c2)cc1)c1cc2cc(Br)ccc2o1. The molecule has 156 valence electrons. The molecule has 0 fully saturated rings. The average molecular weight is 518 g/mol. The highest BCUT2D eigenvalue weighted by molar-refractivity contribution is 9.10. The third-order valence-corrected chi connectivity index (χ3v) is 5.58. The summed E-state index contributed by atoms with van der Waals surface area (Å²) in [6.07, 6.45) is 1.54. The Hall–Kier alpha value is -2.80. The molecule has 4 aromatic rings. The second kappa shape index (κ2) is 9.56. The molecule has 1 heterocycles. The van der Waals surface area contributed by atoms with Crippen molar-refractivity contribution in [1.82, 2.24) is 5.43 Å². The average Bonchev–Trinajstić information content (AvgIpc) is 3.19. The first-order valence-corrected chi connectivity index (χ1v) is 10.7. The Kier molecular flexibility index (Phi) is 6.61. The van der Waals surface area contributed by atoms with Crippen molar-refractivity contribution in [2.75, 3.05) is 0 Å². The third-order valence-electron chi connectivity index (χ3n) is 4.35. The van der Waals surface area contributed by atoms with E-state index in [1.165, 1.54) is 0 Å². The molecule has 3 aromatic carbocycles. The van der Waals surface area contributed by atoms with E-state index >= 15 is 0 Å². The maximum atomic E-state index is 12.2. The number of halogens is 3. The summed E-state index contributed by atoms with van der Waals surface area (Å²) < 4.78 is 12.2. The number of nitrogens with one attached hydrogen (secondary N) is 1. The van der Waals surface area contributed by atoms with Gasteiger partial charge < -0.3 is 9.15 Å². The summed E-state index contributed by atoms with van der Waals surface area (Å²) in [5.74, 6) is 0.460. The summed E-state index contributed by atoms with van der Waals surface area (Å²) >= 11 is 15.3. The van der Waals surface area contributed by atoms with Crippen molar-refractivity contribution in [2.45, 2.75) is 6.61 Å². The fourth-order valence-corrected chi connectivity index (χ4v) is 3.49. The van der Waals surface area contributed by atoms with Gasteiger partial charge in [-0.2, -0.15) is 5.10 Å². The van der Waals surface area contributed by atoms with Gasteiger partial charge in [0.2, 0.25) is 0 Å². The van der Waals surface area contributed by atoms with E-state index < -0.39 is 5.91 Å². The van der Waals surface area contributed by atoms with Crippen LogP contribution in [0.15, 0.2) is 80.7 Å². The number of hydrazone groups is 1.